The molecule has 0 spiro atoms. The average Bonchev–Trinajstić information content (AvgIpc) is 2.82. The Morgan fingerprint density at radius 3 is 2.70 bits per heavy atom. The largest absolute Gasteiger partial charge is 0.391 e. The summed E-state index contributed by atoms with van der Waals surface area (Å²) < 4.78 is 0. The van der Waals surface area contributed by atoms with Gasteiger partial charge in [-0.2, -0.15) is 0 Å². The van der Waals surface area contributed by atoms with Crippen molar-refractivity contribution in [2.45, 2.75) is 32.9 Å². The lowest BCUT2D eigenvalue weighted by Crippen LogP contribution is -2.39. The number of aromatic nitrogens is 1. The van der Waals surface area contributed by atoms with Crippen molar-refractivity contribution in [3.05, 3.63) is 11.1 Å². The predicted octanol–water partition coefficient (Wildman–Crippen LogP) is 1.42. The maximum Gasteiger partial charge on any atom is 0.315 e. The van der Waals surface area contributed by atoms with Crippen LogP contribution in [0.3, 0.4) is 0 Å². The summed E-state index contributed by atoms with van der Waals surface area (Å²) in [5.41, 5.74) is 0.830. The van der Waals surface area contributed by atoms with Crippen molar-refractivity contribution < 1.29 is 9.90 Å². The van der Waals surface area contributed by atoms with Gasteiger partial charge in [0, 0.05) is 26.0 Å². The van der Waals surface area contributed by atoms with Crippen LogP contribution in [0.1, 0.15) is 26.0 Å². The number of carbonyl (C=O) groups is 1. The van der Waals surface area contributed by atoms with Gasteiger partial charge in [0.05, 0.1) is 18.3 Å². The van der Waals surface area contributed by atoms with Crippen LogP contribution in [0.2, 0.25) is 0 Å². The number of nitrogens with one attached hydrogen (secondary N) is 2. The number of urea groups is 1. The minimum absolute atomic E-state index is 0.268. The van der Waals surface area contributed by atoms with Gasteiger partial charge in [-0.1, -0.05) is 13.8 Å². The first-order valence-electron chi connectivity index (χ1n) is 6.70. The van der Waals surface area contributed by atoms with Gasteiger partial charge in [-0.25, -0.2) is 9.78 Å². The molecule has 1 unspecified atom stereocenters. The first kappa shape index (κ1) is 16.7. The van der Waals surface area contributed by atoms with Gasteiger partial charge in [0.25, 0.3) is 0 Å². The number of carbonyl (C=O) groups excluding carboxylic acids is 1. The number of rotatable bonds is 7. The van der Waals surface area contributed by atoms with E-state index in [0.717, 1.165) is 10.8 Å². The van der Waals surface area contributed by atoms with E-state index >= 15 is 0 Å². The van der Waals surface area contributed by atoms with Crippen molar-refractivity contribution in [1.29, 1.82) is 0 Å². The van der Waals surface area contributed by atoms with Crippen LogP contribution in [0, 0.1) is 5.92 Å². The number of hydrogen-bond donors (Lipinski definition) is 3. The summed E-state index contributed by atoms with van der Waals surface area (Å²) in [7, 11) is 3.86. The summed E-state index contributed by atoms with van der Waals surface area (Å²) in [4.78, 5) is 17.9. The third kappa shape index (κ3) is 6.21. The molecule has 0 aromatic carbocycles. The number of aliphatic hydroxyl groups is 1. The average molecular weight is 300 g/mol. The zero-order valence-electron chi connectivity index (χ0n) is 12.5. The molecule has 0 bridgehead atoms. The highest BCUT2D eigenvalue weighted by atomic mass is 32.1. The van der Waals surface area contributed by atoms with Crippen LogP contribution in [0.25, 0.3) is 0 Å². The van der Waals surface area contributed by atoms with Gasteiger partial charge in [0.15, 0.2) is 5.13 Å². The number of thiazole rings is 1. The fourth-order valence-electron chi connectivity index (χ4n) is 1.65. The topological polar surface area (TPSA) is 77.5 Å². The zero-order valence-corrected chi connectivity index (χ0v) is 13.3. The number of aliphatic hydroxyl groups excluding tert-OH is 1. The van der Waals surface area contributed by atoms with E-state index in [0.29, 0.717) is 18.9 Å². The Balaban J connectivity index is 2.25. The summed E-state index contributed by atoms with van der Waals surface area (Å²) in [6, 6.07) is -0.285. The molecule has 1 aromatic rings. The number of amides is 2. The fourth-order valence-corrected chi connectivity index (χ4v) is 2.41. The standard InChI is InChI=1S/C13H24N4O2S/c1-9(2)5-11(18)7-15-12(19)14-6-10-8-20-13(16-10)17(3)4/h8-9,11,18H,5-7H2,1-4H3,(H2,14,15,19). The van der Waals surface area contributed by atoms with Gasteiger partial charge in [-0.3, -0.25) is 0 Å². The highest BCUT2D eigenvalue weighted by molar-refractivity contribution is 7.13. The van der Waals surface area contributed by atoms with Crippen molar-refractivity contribution in [2.75, 3.05) is 25.5 Å². The molecular formula is C13H24N4O2S. The third-order valence-electron chi connectivity index (χ3n) is 2.59. The van der Waals surface area contributed by atoms with E-state index in [2.05, 4.69) is 15.6 Å². The molecule has 6 nitrogen and oxygen atoms in total. The second-order valence-electron chi connectivity index (χ2n) is 5.36. The van der Waals surface area contributed by atoms with E-state index in [1.807, 2.05) is 38.2 Å². The highest BCUT2D eigenvalue weighted by Crippen LogP contribution is 2.17. The van der Waals surface area contributed by atoms with Gasteiger partial charge in [0.1, 0.15) is 0 Å². The molecule has 0 radical (unpaired) electrons. The van der Waals surface area contributed by atoms with Crippen molar-refractivity contribution in [3.63, 3.8) is 0 Å². The van der Waals surface area contributed by atoms with Gasteiger partial charge in [-0.05, 0) is 12.3 Å². The van der Waals surface area contributed by atoms with Crippen molar-refractivity contribution >= 4 is 22.5 Å². The van der Waals surface area contributed by atoms with Crippen molar-refractivity contribution in [2.24, 2.45) is 5.92 Å². The minimum Gasteiger partial charge on any atom is -0.391 e. The van der Waals surface area contributed by atoms with Crippen LogP contribution in [0.4, 0.5) is 9.93 Å². The Morgan fingerprint density at radius 1 is 1.45 bits per heavy atom. The second-order valence-corrected chi connectivity index (χ2v) is 6.20. The first-order chi connectivity index (χ1) is 9.38. The van der Waals surface area contributed by atoms with Crippen LogP contribution in [0.5, 0.6) is 0 Å². The molecule has 0 saturated carbocycles. The van der Waals surface area contributed by atoms with Gasteiger partial charge in [-0.15, -0.1) is 11.3 Å². The fraction of sp³-hybridized carbons (Fsp3) is 0.692. The molecule has 1 atom stereocenters. The molecule has 0 aliphatic rings. The number of hydrogen-bond acceptors (Lipinski definition) is 5. The molecule has 0 aliphatic carbocycles. The van der Waals surface area contributed by atoms with E-state index in [9.17, 15) is 9.90 Å². The van der Waals surface area contributed by atoms with Crippen molar-refractivity contribution in [1.82, 2.24) is 15.6 Å². The van der Waals surface area contributed by atoms with Crippen LogP contribution in [0.15, 0.2) is 5.38 Å². The highest BCUT2D eigenvalue weighted by Gasteiger charge is 2.09. The molecular weight excluding hydrogens is 276 g/mol. The molecule has 1 heterocycles. The molecule has 2 amide bonds. The summed E-state index contributed by atoms with van der Waals surface area (Å²) >= 11 is 1.54. The van der Waals surface area contributed by atoms with Crippen LogP contribution in [-0.4, -0.2) is 42.9 Å². The monoisotopic (exact) mass is 300 g/mol. The lowest BCUT2D eigenvalue weighted by atomic mass is 10.1. The zero-order chi connectivity index (χ0) is 15.1. The maximum atomic E-state index is 11.6. The molecule has 3 N–H and O–H groups in total. The molecule has 0 aliphatic heterocycles. The van der Waals surface area contributed by atoms with E-state index in [-0.39, 0.29) is 12.6 Å². The first-order valence-corrected chi connectivity index (χ1v) is 7.58. The number of nitrogens with zero attached hydrogens (tertiary/aromatic N) is 2. The molecule has 0 saturated heterocycles. The lowest BCUT2D eigenvalue weighted by Gasteiger charge is -2.14. The molecule has 114 valence electrons. The Morgan fingerprint density at radius 2 is 2.15 bits per heavy atom. The predicted molar refractivity (Wildman–Crippen MR) is 82.1 cm³/mol. The summed E-state index contributed by atoms with van der Waals surface area (Å²) in [6.45, 7) is 4.72. The van der Waals surface area contributed by atoms with E-state index in [4.69, 9.17) is 0 Å². The van der Waals surface area contributed by atoms with Gasteiger partial charge >= 0.3 is 6.03 Å². The van der Waals surface area contributed by atoms with Crippen LogP contribution >= 0.6 is 11.3 Å². The molecule has 0 fully saturated rings. The SMILES string of the molecule is CC(C)CC(O)CNC(=O)NCc1csc(N(C)C)n1. The maximum absolute atomic E-state index is 11.6. The third-order valence-corrected chi connectivity index (χ3v) is 3.65. The second kappa shape index (κ2) is 8.06. The Hall–Kier alpha value is -1.34. The van der Waals surface area contributed by atoms with E-state index < -0.39 is 6.10 Å². The Bertz CT molecular complexity index is 420. The summed E-state index contributed by atoms with van der Waals surface area (Å²) in [6.07, 6.45) is 0.179. The Labute approximate surface area is 124 Å². The van der Waals surface area contributed by atoms with E-state index in [1.54, 1.807) is 0 Å². The van der Waals surface area contributed by atoms with Crippen LogP contribution < -0.4 is 15.5 Å². The van der Waals surface area contributed by atoms with Crippen LogP contribution in [-0.2, 0) is 6.54 Å². The summed E-state index contributed by atoms with van der Waals surface area (Å²) in [5, 5.41) is 17.9. The smallest absolute Gasteiger partial charge is 0.315 e. The quantitative estimate of drug-likeness (QED) is 0.711. The molecule has 1 rings (SSSR count). The normalized spacial score (nSPS) is 12.3. The number of anilines is 1. The van der Waals surface area contributed by atoms with Gasteiger partial charge in [0.2, 0.25) is 0 Å². The molecule has 1 aromatic heterocycles. The molecule has 7 heteroatoms. The summed E-state index contributed by atoms with van der Waals surface area (Å²) in [5.74, 6) is 0.411. The van der Waals surface area contributed by atoms with Gasteiger partial charge < -0.3 is 20.6 Å². The lowest BCUT2D eigenvalue weighted by molar-refractivity contribution is 0.147. The Kier molecular flexibility index (Phi) is 6.74. The van der Waals surface area contributed by atoms with E-state index in [1.165, 1.54) is 11.3 Å². The molecule has 20 heavy (non-hydrogen) atoms. The minimum atomic E-state index is -0.500. The van der Waals surface area contributed by atoms with Crippen molar-refractivity contribution in [3.8, 4) is 0 Å².